The van der Waals surface area contributed by atoms with Crippen molar-refractivity contribution >= 4 is 17.6 Å². The first kappa shape index (κ1) is 17.0. The van der Waals surface area contributed by atoms with Crippen molar-refractivity contribution in [2.75, 3.05) is 6.61 Å². The van der Waals surface area contributed by atoms with Crippen LogP contribution in [0.1, 0.15) is 6.92 Å². The molecule has 0 bridgehead atoms. The van der Waals surface area contributed by atoms with E-state index >= 15 is 0 Å². The maximum Gasteiger partial charge on any atom is 0.411 e. The van der Waals surface area contributed by atoms with E-state index in [1.807, 2.05) is 0 Å². The molecule has 2 nitrogen and oxygen atoms in total. The van der Waals surface area contributed by atoms with Gasteiger partial charge in [0.1, 0.15) is 0 Å². The Labute approximate surface area is 101 Å². The second kappa shape index (κ2) is 5.33. The van der Waals surface area contributed by atoms with Gasteiger partial charge < -0.3 is 4.74 Å². The van der Waals surface area contributed by atoms with Crippen LogP contribution in [-0.2, 0) is 9.53 Å². The number of carbonyl (C=O) groups is 1. The van der Waals surface area contributed by atoms with Crippen LogP contribution in [-0.4, -0.2) is 30.3 Å². The maximum atomic E-state index is 12.9. The first-order chi connectivity index (χ1) is 7.96. The van der Waals surface area contributed by atoms with Gasteiger partial charge in [0, 0.05) is 5.54 Å². The van der Waals surface area contributed by atoms with Crippen molar-refractivity contribution in [2.45, 2.75) is 24.7 Å². The van der Waals surface area contributed by atoms with E-state index in [4.69, 9.17) is 0 Å². The van der Waals surface area contributed by atoms with E-state index in [9.17, 15) is 35.5 Å². The number of alkyl halides is 6. The summed E-state index contributed by atoms with van der Waals surface area (Å²) in [6.07, 6.45) is 0. The number of hydrogen-bond donors (Lipinski definition) is 0. The largest absolute Gasteiger partial charge is 0.461 e. The average Bonchev–Trinajstić information content (AvgIpc) is 2.27. The highest BCUT2D eigenvalue weighted by Gasteiger charge is 2.77. The summed E-state index contributed by atoms with van der Waals surface area (Å²) in [6.45, 7) is 0.243. The molecule has 0 amide bonds. The van der Waals surface area contributed by atoms with E-state index in [1.54, 1.807) is 0 Å². The van der Waals surface area contributed by atoms with E-state index in [0.29, 0.717) is 0 Å². The minimum atomic E-state index is -6.33. The van der Waals surface area contributed by atoms with Crippen molar-refractivity contribution < 1.29 is 40.3 Å². The highest BCUT2D eigenvalue weighted by molar-refractivity contribution is 6.25. The molecular weight excluding hydrogens is 297 g/mol. The third kappa shape index (κ3) is 2.55. The second-order valence-electron chi connectivity index (χ2n) is 2.90. The lowest BCUT2D eigenvalue weighted by molar-refractivity contribution is -0.296. The lowest BCUT2D eigenvalue weighted by atomic mass is 10.0. The Bertz CT molecular complexity index is 353. The summed E-state index contributed by atoms with van der Waals surface area (Å²) in [5, 5.41) is 0. The third-order valence-corrected chi connectivity index (χ3v) is 1.91. The molecule has 0 radical (unpaired) electrons. The molecule has 0 aromatic heterocycles. The minimum absolute atomic E-state index is 0.630. The molecule has 0 rings (SSSR count). The molecule has 106 valence electrons. The first-order valence-corrected chi connectivity index (χ1v) is 4.67. The van der Waals surface area contributed by atoms with Crippen molar-refractivity contribution in [3.63, 3.8) is 0 Å². The van der Waals surface area contributed by atoms with Gasteiger partial charge in [0.15, 0.2) is 5.83 Å². The molecule has 0 unspecified atom stereocenters. The van der Waals surface area contributed by atoms with E-state index < -0.39 is 41.7 Å². The average molecular weight is 303 g/mol. The SMILES string of the molecule is CCOC(=O)C(F)(F)C(F)(F)C(F)(F)/C(F)=C/Cl. The molecule has 0 aliphatic heterocycles. The lowest BCUT2D eigenvalue weighted by Gasteiger charge is -2.30. The molecule has 0 N–H and O–H groups in total. The molecule has 0 aliphatic carbocycles. The van der Waals surface area contributed by atoms with Crippen LogP contribution < -0.4 is 0 Å². The van der Waals surface area contributed by atoms with Gasteiger partial charge in [-0.15, -0.1) is 0 Å². The van der Waals surface area contributed by atoms with Crippen molar-refractivity contribution in [3.05, 3.63) is 11.4 Å². The van der Waals surface area contributed by atoms with E-state index in [1.165, 1.54) is 0 Å². The van der Waals surface area contributed by atoms with Gasteiger partial charge in [0.25, 0.3) is 0 Å². The van der Waals surface area contributed by atoms with Crippen LogP contribution >= 0.6 is 11.6 Å². The Kier molecular flexibility index (Phi) is 5.04. The maximum absolute atomic E-state index is 12.9. The second-order valence-corrected chi connectivity index (χ2v) is 3.12. The predicted octanol–water partition coefficient (Wildman–Crippen LogP) is 3.51. The van der Waals surface area contributed by atoms with Crippen molar-refractivity contribution in [3.8, 4) is 0 Å². The fourth-order valence-electron chi connectivity index (χ4n) is 0.766. The number of allylic oxidation sites excluding steroid dienone is 1. The van der Waals surface area contributed by atoms with Crippen LogP contribution in [0.25, 0.3) is 0 Å². The zero-order valence-corrected chi connectivity index (χ0v) is 9.38. The molecule has 0 aliphatic rings. The molecule has 0 saturated carbocycles. The number of ether oxygens (including phenoxy) is 1. The highest BCUT2D eigenvalue weighted by Crippen LogP contribution is 2.50. The molecular formula is C8H6ClF7O2. The Morgan fingerprint density at radius 1 is 1.17 bits per heavy atom. The standard InChI is InChI=1S/C8H6ClF7O2/c1-2-18-5(17)7(13,14)8(15,16)6(11,12)4(10)3-9/h3H,2H2,1H3/b4-3-. The predicted molar refractivity (Wildman–Crippen MR) is 46.5 cm³/mol. The summed E-state index contributed by atoms with van der Waals surface area (Å²) in [6, 6.07) is 0. The van der Waals surface area contributed by atoms with Gasteiger partial charge in [-0.2, -0.15) is 26.3 Å². The number of rotatable bonds is 5. The Balaban J connectivity index is 5.56. The molecule has 0 spiro atoms. The number of hydrogen-bond acceptors (Lipinski definition) is 2. The summed E-state index contributed by atoms with van der Waals surface area (Å²) in [5.74, 6) is -24.1. The molecule has 0 saturated heterocycles. The molecule has 0 atom stereocenters. The monoisotopic (exact) mass is 302 g/mol. The topological polar surface area (TPSA) is 26.3 Å². The summed E-state index contributed by atoms with van der Waals surface area (Å²) < 4.78 is 92.7. The van der Waals surface area contributed by atoms with Crippen LogP contribution in [0.4, 0.5) is 30.7 Å². The minimum Gasteiger partial charge on any atom is -0.461 e. The molecule has 0 aromatic carbocycles. The molecule has 0 aromatic rings. The van der Waals surface area contributed by atoms with Crippen LogP contribution in [0, 0.1) is 0 Å². The summed E-state index contributed by atoms with van der Waals surface area (Å²) in [5.41, 5.74) is -0.630. The van der Waals surface area contributed by atoms with Crippen molar-refractivity contribution in [1.29, 1.82) is 0 Å². The van der Waals surface area contributed by atoms with Crippen LogP contribution in [0.5, 0.6) is 0 Å². The molecule has 0 fully saturated rings. The van der Waals surface area contributed by atoms with Crippen LogP contribution in [0.2, 0.25) is 0 Å². The summed E-state index contributed by atoms with van der Waals surface area (Å²) in [4.78, 5) is 10.5. The Morgan fingerprint density at radius 2 is 1.61 bits per heavy atom. The molecule has 18 heavy (non-hydrogen) atoms. The summed E-state index contributed by atoms with van der Waals surface area (Å²) >= 11 is 4.42. The fourth-order valence-corrected chi connectivity index (χ4v) is 0.903. The fraction of sp³-hybridized carbons (Fsp3) is 0.625. The Hall–Kier alpha value is -0.990. The van der Waals surface area contributed by atoms with Crippen LogP contribution in [0.15, 0.2) is 11.4 Å². The molecule has 10 heteroatoms. The highest BCUT2D eigenvalue weighted by atomic mass is 35.5. The first-order valence-electron chi connectivity index (χ1n) is 4.23. The van der Waals surface area contributed by atoms with Gasteiger partial charge >= 0.3 is 23.7 Å². The smallest absolute Gasteiger partial charge is 0.411 e. The van der Waals surface area contributed by atoms with Gasteiger partial charge in [-0.1, -0.05) is 11.6 Å². The van der Waals surface area contributed by atoms with E-state index in [-0.39, 0.29) is 0 Å². The van der Waals surface area contributed by atoms with E-state index in [2.05, 4.69) is 16.3 Å². The Morgan fingerprint density at radius 3 is 1.94 bits per heavy atom. The quantitative estimate of drug-likeness (QED) is 0.574. The lowest BCUT2D eigenvalue weighted by Crippen LogP contribution is -2.58. The zero-order chi connectivity index (χ0) is 14.8. The number of carbonyl (C=O) groups excluding carboxylic acids is 1. The van der Waals surface area contributed by atoms with Gasteiger partial charge in [0.05, 0.1) is 6.61 Å². The van der Waals surface area contributed by atoms with Gasteiger partial charge in [-0.3, -0.25) is 0 Å². The summed E-state index contributed by atoms with van der Waals surface area (Å²) in [7, 11) is 0. The normalized spacial score (nSPS) is 14.6. The van der Waals surface area contributed by atoms with Crippen molar-refractivity contribution in [1.82, 2.24) is 0 Å². The number of halogens is 8. The number of esters is 1. The molecule has 0 heterocycles. The van der Waals surface area contributed by atoms with Gasteiger partial charge in [-0.05, 0) is 6.92 Å². The van der Waals surface area contributed by atoms with Crippen LogP contribution in [0.3, 0.4) is 0 Å². The van der Waals surface area contributed by atoms with Gasteiger partial charge in [-0.25, -0.2) is 9.18 Å². The zero-order valence-electron chi connectivity index (χ0n) is 8.62. The van der Waals surface area contributed by atoms with Crippen molar-refractivity contribution in [2.24, 2.45) is 0 Å². The van der Waals surface area contributed by atoms with E-state index in [0.717, 1.165) is 6.92 Å². The van der Waals surface area contributed by atoms with Gasteiger partial charge in [0.2, 0.25) is 0 Å². The third-order valence-electron chi connectivity index (χ3n) is 1.72.